The summed E-state index contributed by atoms with van der Waals surface area (Å²) in [7, 11) is 0. The van der Waals surface area contributed by atoms with Gasteiger partial charge in [0.2, 0.25) is 5.88 Å². The number of hydrogen-bond acceptors (Lipinski definition) is 5. The van der Waals surface area contributed by atoms with Crippen molar-refractivity contribution in [1.82, 2.24) is 4.98 Å². The molecule has 90 valence electrons. The van der Waals surface area contributed by atoms with Crippen LogP contribution in [0.1, 0.15) is 0 Å². The second-order valence-corrected chi connectivity index (χ2v) is 2.96. The number of ether oxygens (including phenoxy) is 3. The highest BCUT2D eigenvalue weighted by Crippen LogP contribution is 2.02. The molecule has 0 spiro atoms. The Kier molecular flexibility index (Phi) is 7.32. The molecule has 1 rings (SSSR count). The lowest BCUT2D eigenvalue weighted by Crippen LogP contribution is -2.12. The summed E-state index contributed by atoms with van der Waals surface area (Å²) in [5.74, 6) is 0.600. The number of aliphatic hydroxyl groups is 1. The fraction of sp³-hybridized carbons (Fsp3) is 0.545. The molecule has 0 amide bonds. The van der Waals surface area contributed by atoms with Gasteiger partial charge in [-0.05, 0) is 6.07 Å². The van der Waals surface area contributed by atoms with Crippen LogP contribution >= 0.6 is 0 Å². The van der Waals surface area contributed by atoms with Crippen LogP contribution in [0.25, 0.3) is 0 Å². The molecule has 0 atom stereocenters. The highest BCUT2D eigenvalue weighted by atomic mass is 16.5. The van der Waals surface area contributed by atoms with Crippen LogP contribution in [0, 0.1) is 0 Å². The molecule has 0 fully saturated rings. The van der Waals surface area contributed by atoms with Gasteiger partial charge in [0.25, 0.3) is 0 Å². The molecule has 0 aliphatic rings. The van der Waals surface area contributed by atoms with Gasteiger partial charge in [-0.3, -0.25) is 0 Å². The monoisotopic (exact) mass is 227 g/mol. The zero-order chi connectivity index (χ0) is 11.5. The van der Waals surface area contributed by atoms with Crippen molar-refractivity contribution in [3.8, 4) is 5.88 Å². The maximum atomic E-state index is 8.44. The first-order valence-corrected chi connectivity index (χ1v) is 5.23. The van der Waals surface area contributed by atoms with E-state index in [2.05, 4.69) is 4.98 Å². The second kappa shape index (κ2) is 9.08. The number of aromatic nitrogens is 1. The predicted octanol–water partition coefficient (Wildman–Crippen LogP) is 0.486. The van der Waals surface area contributed by atoms with Crippen molar-refractivity contribution >= 4 is 0 Å². The third-order valence-electron chi connectivity index (χ3n) is 1.72. The van der Waals surface area contributed by atoms with Crippen LogP contribution in [0.15, 0.2) is 24.4 Å². The van der Waals surface area contributed by atoms with Crippen LogP contribution < -0.4 is 4.74 Å². The van der Waals surface area contributed by atoms with E-state index in [9.17, 15) is 0 Å². The molecule has 16 heavy (non-hydrogen) atoms. The number of nitrogens with zero attached hydrogens (tertiary/aromatic N) is 1. The topological polar surface area (TPSA) is 60.8 Å². The van der Waals surface area contributed by atoms with Gasteiger partial charge in [-0.1, -0.05) is 6.07 Å². The van der Waals surface area contributed by atoms with E-state index < -0.39 is 0 Å². The van der Waals surface area contributed by atoms with Crippen LogP contribution in [0.3, 0.4) is 0 Å². The van der Waals surface area contributed by atoms with Crippen LogP contribution in [0.4, 0.5) is 0 Å². The van der Waals surface area contributed by atoms with Crippen LogP contribution in [-0.4, -0.2) is 49.7 Å². The first-order chi connectivity index (χ1) is 7.93. The zero-order valence-corrected chi connectivity index (χ0v) is 9.17. The largest absolute Gasteiger partial charge is 0.475 e. The van der Waals surface area contributed by atoms with Crippen molar-refractivity contribution < 1.29 is 19.3 Å². The molecule has 0 aliphatic heterocycles. The molecule has 0 bridgehead atoms. The van der Waals surface area contributed by atoms with E-state index in [0.717, 1.165) is 0 Å². The summed E-state index contributed by atoms with van der Waals surface area (Å²) in [5.41, 5.74) is 0. The Morgan fingerprint density at radius 2 is 1.75 bits per heavy atom. The lowest BCUT2D eigenvalue weighted by Gasteiger charge is -2.06. The summed E-state index contributed by atoms with van der Waals surface area (Å²) in [6.07, 6.45) is 1.68. The summed E-state index contributed by atoms with van der Waals surface area (Å²) < 4.78 is 15.6. The van der Waals surface area contributed by atoms with Crippen LogP contribution in [0.5, 0.6) is 5.88 Å². The van der Waals surface area contributed by atoms with Crippen LogP contribution in [0.2, 0.25) is 0 Å². The molecule has 5 heteroatoms. The highest BCUT2D eigenvalue weighted by Gasteiger charge is 1.93. The van der Waals surface area contributed by atoms with E-state index in [-0.39, 0.29) is 6.61 Å². The van der Waals surface area contributed by atoms with Gasteiger partial charge in [-0.2, -0.15) is 0 Å². The first-order valence-electron chi connectivity index (χ1n) is 5.23. The summed E-state index contributed by atoms with van der Waals surface area (Å²) in [4.78, 5) is 4.01. The van der Waals surface area contributed by atoms with Crippen molar-refractivity contribution in [3.05, 3.63) is 24.4 Å². The standard InChI is InChI=1S/C11H17NO4/c13-5-6-14-7-8-15-9-10-16-11-3-1-2-4-12-11/h1-4,13H,5-10H2. The Hall–Kier alpha value is -1.17. The van der Waals surface area contributed by atoms with E-state index >= 15 is 0 Å². The average molecular weight is 227 g/mol. The molecule has 1 N–H and O–H groups in total. The fourth-order valence-electron chi connectivity index (χ4n) is 1.02. The van der Waals surface area contributed by atoms with Gasteiger partial charge < -0.3 is 19.3 Å². The van der Waals surface area contributed by atoms with Gasteiger partial charge in [-0.25, -0.2) is 4.98 Å². The van der Waals surface area contributed by atoms with Crippen molar-refractivity contribution in [2.45, 2.75) is 0 Å². The van der Waals surface area contributed by atoms with Gasteiger partial charge in [0.1, 0.15) is 6.61 Å². The number of pyridine rings is 1. The molecular formula is C11H17NO4. The molecule has 0 aromatic carbocycles. The maximum absolute atomic E-state index is 8.44. The molecule has 5 nitrogen and oxygen atoms in total. The Morgan fingerprint density at radius 1 is 1.00 bits per heavy atom. The molecule has 0 saturated heterocycles. The smallest absolute Gasteiger partial charge is 0.213 e. The van der Waals surface area contributed by atoms with E-state index in [4.69, 9.17) is 19.3 Å². The third kappa shape index (κ3) is 6.34. The Labute approximate surface area is 95.0 Å². The van der Waals surface area contributed by atoms with E-state index in [1.54, 1.807) is 12.3 Å². The van der Waals surface area contributed by atoms with Crippen molar-refractivity contribution in [1.29, 1.82) is 0 Å². The van der Waals surface area contributed by atoms with E-state index in [0.29, 0.717) is 38.9 Å². The summed E-state index contributed by atoms with van der Waals surface area (Å²) >= 11 is 0. The second-order valence-electron chi connectivity index (χ2n) is 2.96. The Morgan fingerprint density at radius 3 is 2.44 bits per heavy atom. The quantitative estimate of drug-likeness (QED) is 0.622. The molecular weight excluding hydrogens is 210 g/mol. The van der Waals surface area contributed by atoms with E-state index in [1.165, 1.54) is 0 Å². The number of rotatable bonds is 9. The van der Waals surface area contributed by atoms with Crippen molar-refractivity contribution in [3.63, 3.8) is 0 Å². The Bertz CT molecular complexity index is 255. The third-order valence-corrected chi connectivity index (χ3v) is 1.72. The normalized spacial score (nSPS) is 10.3. The van der Waals surface area contributed by atoms with Gasteiger partial charge in [0, 0.05) is 12.3 Å². The van der Waals surface area contributed by atoms with Crippen molar-refractivity contribution in [2.24, 2.45) is 0 Å². The molecule has 0 saturated carbocycles. The molecule has 0 unspecified atom stereocenters. The minimum Gasteiger partial charge on any atom is -0.475 e. The van der Waals surface area contributed by atoms with Gasteiger partial charge in [0.05, 0.1) is 33.0 Å². The fourth-order valence-corrected chi connectivity index (χ4v) is 1.02. The average Bonchev–Trinajstić information content (AvgIpc) is 2.34. The molecule has 0 radical (unpaired) electrons. The molecule has 1 aromatic rings. The van der Waals surface area contributed by atoms with E-state index in [1.807, 2.05) is 12.1 Å². The number of aliphatic hydroxyl groups excluding tert-OH is 1. The highest BCUT2D eigenvalue weighted by molar-refractivity contribution is 5.08. The van der Waals surface area contributed by atoms with Gasteiger partial charge in [0.15, 0.2) is 0 Å². The molecule has 1 heterocycles. The first kappa shape index (κ1) is 12.9. The lowest BCUT2D eigenvalue weighted by atomic mass is 10.5. The number of hydrogen-bond donors (Lipinski definition) is 1. The summed E-state index contributed by atoms with van der Waals surface area (Å²) in [6, 6.07) is 5.50. The Balaban J connectivity index is 1.89. The van der Waals surface area contributed by atoms with Gasteiger partial charge in [-0.15, -0.1) is 0 Å². The predicted molar refractivity (Wildman–Crippen MR) is 58.5 cm³/mol. The summed E-state index contributed by atoms with van der Waals surface area (Å²) in [6.45, 7) is 2.36. The molecule has 1 aromatic heterocycles. The summed E-state index contributed by atoms with van der Waals surface area (Å²) in [5, 5.41) is 8.44. The SMILES string of the molecule is OCCOCCOCCOc1ccccn1. The lowest BCUT2D eigenvalue weighted by molar-refractivity contribution is 0.0243. The minimum absolute atomic E-state index is 0.0444. The van der Waals surface area contributed by atoms with Gasteiger partial charge >= 0.3 is 0 Å². The molecule has 0 aliphatic carbocycles. The zero-order valence-electron chi connectivity index (χ0n) is 9.17. The maximum Gasteiger partial charge on any atom is 0.213 e. The van der Waals surface area contributed by atoms with Crippen LogP contribution in [-0.2, 0) is 9.47 Å². The van der Waals surface area contributed by atoms with Crippen molar-refractivity contribution in [2.75, 3.05) is 39.6 Å². The minimum atomic E-state index is 0.0444.